The Bertz CT molecular complexity index is 186. The fraction of sp³-hybridized carbons (Fsp3) is 0.929. The van der Waals surface area contributed by atoms with E-state index in [1.165, 1.54) is 38.5 Å². The van der Waals surface area contributed by atoms with Crippen LogP contribution in [0.25, 0.3) is 0 Å². The van der Waals surface area contributed by atoms with E-state index in [4.69, 9.17) is 9.84 Å². The van der Waals surface area contributed by atoms with Gasteiger partial charge in [0, 0.05) is 13.2 Å². The Kier molecular flexibility index (Phi) is 13.7. The zero-order valence-corrected chi connectivity index (χ0v) is 11.7. The van der Waals surface area contributed by atoms with E-state index in [1.807, 2.05) is 0 Å². The molecule has 18 heavy (non-hydrogen) atoms. The van der Waals surface area contributed by atoms with E-state index in [9.17, 15) is 4.79 Å². The number of aliphatic hydroxyl groups excluding tert-OH is 1. The van der Waals surface area contributed by atoms with Gasteiger partial charge >= 0.3 is 6.09 Å². The first-order valence-electron chi connectivity index (χ1n) is 7.32. The zero-order chi connectivity index (χ0) is 13.5. The van der Waals surface area contributed by atoms with E-state index in [1.54, 1.807) is 0 Å². The Morgan fingerprint density at radius 2 is 1.61 bits per heavy atom. The number of aliphatic hydroxyl groups is 1. The summed E-state index contributed by atoms with van der Waals surface area (Å²) in [5, 5.41) is 11.1. The molecule has 0 unspecified atom stereocenters. The maximum absolute atomic E-state index is 11.1. The number of alkyl carbamates (subject to hydrolysis) is 1. The zero-order valence-electron chi connectivity index (χ0n) is 11.7. The van der Waals surface area contributed by atoms with Gasteiger partial charge in [-0.15, -0.1) is 0 Å². The molecule has 2 N–H and O–H groups in total. The lowest BCUT2D eigenvalue weighted by Gasteiger charge is -2.06. The highest BCUT2D eigenvalue weighted by Gasteiger charge is 1.99. The van der Waals surface area contributed by atoms with Crippen molar-refractivity contribution in [2.75, 3.05) is 19.8 Å². The van der Waals surface area contributed by atoms with Gasteiger partial charge in [-0.25, -0.2) is 4.79 Å². The lowest BCUT2D eigenvalue weighted by molar-refractivity contribution is 0.143. The molecule has 0 aromatic carbocycles. The van der Waals surface area contributed by atoms with Gasteiger partial charge in [0.25, 0.3) is 0 Å². The average Bonchev–Trinajstić information content (AvgIpc) is 2.37. The summed E-state index contributed by atoms with van der Waals surface area (Å²) in [5.41, 5.74) is 0. The van der Waals surface area contributed by atoms with Crippen LogP contribution in [0, 0.1) is 0 Å². The highest BCUT2D eigenvalue weighted by atomic mass is 16.5. The number of amides is 1. The van der Waals surface area contributed by atoms with Gasteiger partial charge in [-0.3, -0.25) is 0 Å². The van der Waals surface area contributed by atoms with E-state index in [0.717, 1.165) is 12.8 Å². The van der Waals surface area contributed by atoms with Crippen molar-refractivity contribution < 1.29 is 14.6 Å². The first-order chi connectivity index (χ1) is 8.81. The van der Waals surface area contributed by atoms with Gasteiger partial charge in [-0.2, -0.15) is 0 Å². The fourth-order valence-corrected chi connectivity index (χ4v) is 1.72. The smallest absolute Gasteiger partial charge is 0.407 e. The van der Waals surface area contributed by atoms with Gasteiger partial charge < -0.3 is 15.2 Å². The predicted molar refractivity (Wildman–Crippen MR) is 73.7 cm³/mol. The number of carbonyl (C=O) groups is 1. The normalized spacial score (nSPS) is 10.3. The number of nitrogens with one attached hydrogen (secondary N) is 1. The Labute approximate surface area is 111 Å². The quantitative estimate of drug-likeness (QED) is 0.529. The van der Waals surface area contributed by atoms with E-state index >= 15 is 0 Å². The largest absolute Gasteiger partial charge is 0.450 e. The van der Waals surface area contributed by atoms with E-state index in [2.05, 4.69) is 12.2 Å². The number of hydrogen-bond acceptors (Lipinski definition) is 3. The molecule has 0 bridgehead atoms. The molecule has 0 fully saturated rings. The van der Waals surface area contributed by atoms with Crippen LogP contribution in [-0.2, 0) is 4.74 Å². The second kappa shape index (κ2) is 14.3. The van der Waals surface area contributed by atoms with Gasteiger partial charge in [0.2, 0.25) is 0 Å². The van der Waals surface area contributed by atoms with Gasteiger partial charge in [-0.05, 0) is 12.8 Å². The van der Waals surface area contributed by atoms with Crippen LogP contribution < -0.4 is 5.32 Å². The minimum absolute atomic E-state index is 0.0955. The molecule has 0 aliphatic carbocycles. The van der Waals surface area contributed by atoms with E-state index in [0.29, 0.717) is 19.6 Å². The molecule has 0 spiro atoms. The Morgan fingerprint density at radius 3 is 2.22 bits per heavy atom. The maximum Gasteiger partial charge on any atom is 0.407 e. The summed E-state index contributed by atoms with van der Waals surface area (Å²) in [5.74, 6) is 0. The summed E-state index contributed by atoms with van der Waals surface area (Å²) in [6.07, 6.45) is 10.1. The molecule has 0 aliphatic heterocycles. The molecule has 0 saturated heterocycles. The summed E-state index contributed by atoms with van der Waals surface area (Å²) in [6.45, 7) is 3.30. The van der Waals surface area contributed by atoms with Crippen LogP contribution in [0.2, 0.25) is 0 Å². The molecule has 0 radical (unpaired) electrons. The van der Waals surface area contributed by atoms with Crippen molar-refractivity contribution in [3.8, 4) is 0 Å². The minimum Gasteiger partial charge on any atom is -0.450 e. The number of hydrogen-bond donors (Lipinski definition) is 2. The van der Waals surface area contributed by atoms with E-state index in [-0.39, 0.29) is 12.7 Å². The molecule has 4 nitrogen and oxygen atoms in total. The molecule has 0 saturated carbocycles. The van der Waals surface area contributed by atoms with Crippen molar-refractivity contribution in [3.63, 3.8) is 0 Å². The third-order valence-corrected chi connectivity index (χ3v) is 2.84. The summed E-state index contributed by atoms with van der Waals surface area (Å²) in [7, 11) is 0. The highest BCUT2D eigenvalue weighted by Crippen LogP contribution is 2.08. The van der Waals surface area contributed by atoms with Crippen LogP contribution in [-0.4, -0.2) is 31.0 Å². The number of carbonyl (C=O) groups excluding carboxylic acids is 1. The SMILES string of the molecule is CCCCCCCCCCOC(=O)NCCCO. The van der Waals surface area contributed by atoms with Crippen LogP contribution in [0.1, 0.15) is 64.7 Å². The summed E-state index contributed by atoms with van der Waals surface area (Å²) < 4.78 is 5.00. The standard InChI is InChI=1S/C14H29NO3/c1-2-3-4-5-6-7-8-9-13-18-14(17)15-11-10-12-16/h16H,2-13H2,1H3,(H,15,17). The van der Waals surface area contributed by atoms with Crippen molar-refractivity contribution in [3.05, 3.63) is 0 Å². The average molecular weight is 259 g/mol. The maximum atomic E-state index is 11.1. The molecular weight excluding hydrogens is 230 g/mol. The molecule has 1 amide bonds. The third kappa shape index (κ3) is 13.3. The highest BCUT2D eigenvalue weighted by molar-refractivity contribution is 5.66. The fourth-order valence-electron chi connectivity index (χ4n) is 1.72. The second-order valence-electron chi connectivity index (χ2n) is 4.61. The van der Waals surface area contributed by atoms with Crippen molar-refractivity contribution >= 4 is 6.09 Å². The van der Waals surface area contributed by atoms with Crippen LogP contribution in [0.3, 0.4) is 0 Å². The minimum atomic E-state index is -0.369. The molecule has 0 rings (SSSR count). The molecule has 108 valence electrons. The van der Waals surface area contributed by atoms with Gasteiger partial charge in [0.1, 0.15) is 0 Å². The van der Waals surface area contributed by atoms with Crippen molar-refractivity contribution in [1.82, 2.24) is 5.32 Å². The number of ether oxygens (including phenoxy) is 1. The molecular formula is C14H29NO3. The Morgan fingerprint density at radius 1 is 1.00 bits per heavy atom. The first-order valence-corrected chi connectivity index (χ1v) is 7.32. The van der Waals surface area contributed by atoms with Gasteiger partial charge in [0.15, 0.2) is 0 Å². The van der Waals surface area contributed by atoms with Crippen LogP contribution in [0.15, 0.2) is 0 Å². The van der Waals surface area contributed by atoms with Gasteiger partial charge in [0.05, 0.1) is 6.61 Å². The lowest BCUT2D eigenvalue weighted by Crippen LogP contribution is -2.26. The Hall–Kier alpha value is -0.770. The lowest BCUT2D eigenvalue weighted by atomic mass is 10.1. The molecule has 4 heteroatoms. The first kappa shape index (κ1) is 17.2. The molecule has 0 aromatic heterocycles. The van der Waals surface area contributed by atoms with Crippen molar-refractivity contribution in [2.45, 2.75) is 64.7 Å². The van der Waals surface area contributed by atoms with E-state index < -0.39 is 0 Å². The molecule has 0 aromatic rings. The second-order valence-corrected chi connectivity index (χ2v) is 4.61. The monoisotopic (exact) mass is 259 g/mol. The summed E-state index contributed by atoms with van der Waals surface area (Å²) in [6, 6.07) is 0. The van der Waals surface area contributed by atoms with Crippen LogP contribution >= 0.6 is 0 Å². The van der Waals surface area contributed by atoms with Gasteiger partial charge in [-0.1, -0.05) is 51.9 Å². The van der Waals surface area contributed by atoms with Crippen LogP contribution in [0.4, 0.5) is 4.79 Å². The molecule has 0 aliphatic rings. The van der Waals surface area contributed by atoms with Crippen molar-refractivity contribution in [1.29, 1.82) is 0 Å². The Balaban J connectivity index is 3.08. The number of unbranched alkanes of at least 4 members (excludes halogenated alkanes) is 7. The molecule has 0 heterocycles. The number of rotatable bonds is 12. The summed E-state index contributed by atoms with van der Waals surface area (Å²) in [4.78, 5) is 11.1. The summed E-state index contributed by atoms with van der Waals surface area (Å²) >= 11 is 0. The molecule has 0 atom stereocenters. The van der Waals surface area contributed by atoms with Crippen molar-refractivity contribution in [2.24, 2.45) is 0 Å². The predicted octanol–water partition coefficient (Wildman–Crippen LogP) is 3.24. The third-order valence-electron chi connectivity index (χ3n) is 2.84. The van der Waals surface area contributed by atoms with Crippen LogP contribution in [0.5, 0.6) is 0 Å². The topological polar surface area (TPSA) is 58.6 Å².